The number of nitrogens with one attached hydrogen (secondary N) is 1. The predicted molar refractivity (Wildman–Crippen MR) is 103 cm³/mol. The molecular weight excluding hydrogens is 328 g/mol. The van der Waals surface area contributed by atoms with Gasteiger partial charge in [0, 0.05) is 30.5 Å². The van der Waals surface area contributed by atoms with E-state index >= 15 is 0 Å². The van der Waals surface area contributed by atoms with Gasteiger partial charge >= 0.3 is 5.97 Å². The number of aryl methyl sites for hydroxylation is 1. The summed E-state index contributed by atoms with van der Waals surface area (Å²) in [6, 6.07) is 9.18. The molecule has 1 atom stereocenters. The van der Waals surface area contributed by atoms with Crippen molar-refractivity contribution in [2.45, 2.75) is 33.6 Å². The van der Waals surface area contributed by atoms with Crippen LogP contribution in [0.1, 0.15) is 42.7 Å². The van der Waals surface area contributed by atoms with E-state index in [9.17, 15) is 4.79 Å². The highest BCUT2D eigenvalue weighted by atomic mass is 16.5. The number of ether oxygens (including phenoxy) is 1. The molecule has 138 valence electrons. The van der Waals surface area contributed by atoms with E-state index < -0.39 is 0 Å². The van der Waals surface area contributed by atoms with Gasteiger partial charge in [-0.1, -0.05) is 6.92 Å². The molecule has 1 N–H and O–H groups in total. The minimum atomic E-state index is -0.313. The number of aromatic nitrogens is 2. The Balaban J connectivity index is 1.74. The zero-order valence-corrected chi connectivity index (χ0v) is 15.7. The number of hydrogen-bond donors (Lipinski definition) is 1. The highest BCUT2D eigenvalue weighted by Crippen LogP contribution is 2.24. The second kappa shape index (κ2) is 8.17. The van der Waals surface area contributed by atoms with Crippen LogP contribution in [0, 0.1) is 12.8 Å². The van der Waals surface area contributed by atoms with Gasteiger partial charge in [0.05, 0.1) is 12.2 Å². The Morgan fingerprint density at radius 1 is 1.31 bits per heavy atom. The van der Waals surface area contributed by atoms with Gasteiger partial charge in [0.25, 0.3) is 0 Å². The maximum atomic E-state index is 11.7. The van der Waals surface area contributed by atoms with Crippen molar-refractivity contribution in [1.29, 1.82) is 0 Å². The highest BCUT2D eigenvalue weighted by Gasteiger charge is 2.18. The molecule has 2 aromatic rings. The van der Waals surface area contributed by atoms with Crippen molar-refractivity contribution in [1.82, 2.24) is 9.97 Å². The number of carbonyl (C=O) groups excluding carboxylic acids is 1. The van der Waals surface area contributed by atoms with Crippen LogP contribution in [-0.2, 0) is 4.74 Å². The molecule has 1 saturated heterocycles. The average Bonchev–Trinajstić information content (AvgIpc) is 2.62. The lowest BCUT2D eigenvalue weighted by atomic mass is 10.0. The van der Waals surface area contributed by atoms with Crippen molar-refractivity contribution in [3.05, 3.63) is 41.6 Å². The molecule has 0 spiro atoms. The fraction of sp³-hybridized carbons (Fsp3) is 0.450. The van der Waals surface area contributed by atoms with Crippen molar-refractivity contribution >= 4 is 23.4 Å². The summed E-state index contributed by atoms with van der Waals surface area (Å²) >= 11 is 0. The van der Waals surface area contributed by atoms with E-state index in [-0.39, 0.29) is 5.97 Å². The van der Waals surface area contributed by atoms with Gasteiger partial charge < -0.3 is 15.0 Å². The molecule has 1 aromatic heterocycles. The minimum Gasteiger partial charge on any atom is -0.462 e. The predicted octanol–water partition coefficient (Wildman–Crippen LogP) is 3.94. The van der Waals surface area contributed by atoms with E-state index in [1.54, 1.807) is 19.1 Å². The molecule has 1 fully saturated rings. The molecule has 1 aromatic carbocycles. The van der Waals surface area contributed by atoms with Gasteiger partial charge in [-0.15, -0.1) is 0 Å². The van der Waals surface area contributed by atoms with Crippen LogP contribution < -0.4 is 10.2 Å². The molecule has 26 heavy (non-hydrogen) atoms. The van der Waals surface area contributed by atoms with Crippen LogP contribution in [0.2, 0.25) is 0 Å². The van der Waals surface area contributed by atoms with Gasteiger partial charge in [0.2, 0.25) is 5.95 Å². The Labute approximate surface area is 154 Å². The standard InChI is InChI=1S/C20H26N4O2/c1-4-26-19(25)16-7-9-17(10-8-16)22-20-21-15(3)12-18(23-20)24-11-5-6-14(2)13-24/h7-10,12,14H,4-6,11,13H2,1-3H3,(H,21,22,23). The lowest BCUT2D eigenvalue weighted by Gasteiger charge is -2.32. The largest absolute Gasteiger partial charge is 0.462 e. The first-order chi connectivity index (χ1) is 12.5. The molecular formula is C20H26N4O2. The maximum absolute atomic E-state index is 11.7. The number of rotatable bonds is 5. The number of anilines is 3. The van der Waals surface area contributed by atoms with E-state index in [1.165, 1.54) is 12.8 Å². The third-order valence-corrected chi connectivity index (χ3v) is 4.47. The highest BCUT2D eigenvalue weighted by molar-refractivity contribution is 5.89. The number of nitrogens with zero attached hydrogens (tertiary/aromatic N) is 3. The molecule has 6 nitrogen and oxygen atoms in total. The number of esters is 1. The lowest BCUT2D eigenvalue weighted by molar-refractivity contribution is 0.0526. The van der Waals surface area contributed by atoms with E-state index in [0.717, 1.165) is 30.3 Å². The lowest BCUT2D eigenvalue weighted by Crippen LogP contribution is -2.35. The number of hydrogen-bond acceptors (Lipinski definition) is 6. The zero-order chi connectivity index (χ0) is 18.5. The molecule has 0 bridgehead atoms. The Bertz CT molecular complexity index is 761. The Morgan fingerprint density at radius 3 is 2.77 bits per heavy atom. The first-order valence-electron chi connectivity index (χ1n) is 9.20. The number of piperidine rings is 1. The van der Waals surface area contributed by atoms with E-state index in [0.29, 0.717) is 24.0 Å². The summed E-state index contributed by atoms with van der Waals surface area (Å²) in [5.74, 6) is 1.91. The third-order valence-electron chi connectivity index (χ3n) is 4.47. The monoisotopic (exact) mass is 354 g/mol. The normalized spacial score (nSPS) is 17.0. The van der Waals surface area contributed by atoms with Crippen molar-refractivity contribution in [3.63, 3.8) is 0 Å². The smallest absolute Gasteiger partial charge is 0.338 e. The SMILES string of the molecule is CCOC(=O)c1ccc(Nc2nc(C)cc(N3CCCC(C)C3)n2)cc1. The second-order valence-corrected chi connectivity index (χ2v) is 6.81. The molecule has 3 rings (SSSR count). The molecule has 0 aliphatic carbocycles. The molecule has 1 unspecified atom stereocenters. The van der Waals surface area contributed by atoms with Gasteiger partial charge in [-0.3, -0.25) is 0 Å². The molecule has 0 saturated carbocycles. The Kier molecular flexibility index (Phi) is 5.71. The summed E-state index contributed by atoms with van der Waals surface area (Å²) in [7, 11) is 0. The number of benzene rings is 1. The number of carbonyl (C=O) groups is 1. The maximum Gasteiger partial charge on any atom is 0.338 e. The summed E-state index contributed by atoms with van der Waals surface area (Å²) in [4.78, 5) is 23.2. The topological polar surface area (TPSA) is 67.3 Å². The first-order valence-corrected chi connectivity index (χ1v) is 9.20. The van der Waals surface area contributed by atoms with Crippen LogP contribution in [0.5, 0.6) is 0 Å². The Morgan fingerprint density at radius 2 is 2.08 bits per heavy atom. The van der Waals surface area contributed by atoms with Gasteiger partial charge in [0.15, 0.2) is 0 Å². The van der Waals surface area contributed by atoms with Crippen molar-refractivity contribution < 1.29 is 9.53 Å². The van der Waals surface area contributed by atoms with Crippen LogP contribution in [0.4, 0.5) is 17.5 Å². The van der Waals surface area contributed by atoms with Gasteiger partial charge in [-0.25, -0.2) is 9.78 Å². The summed E-state index contributed by atoms with van der Waals surface area (Å²) in [5.41, 5.74) is 2.30. The molecule has 6 heteroatoms. The second-order valence-electron chi connectivity index (χ2n) is 6.81. The third kappa shape index (κ3) is 4.50. The van der Waals surface area contributed by atoms with E-state index in [1.807, 2.05) is 25.1 Å². The van der Waals surface area contributed by atoms with Crippen LogP contribution in [0.3, 0.4) is 0 Å². The molecule has 0 radical (unpaired) electrons. The Hall–Kier alpha value is -2.63. The van der Waals surface area contributed by atoms with E-state index in [4.69, 9.17) is 4.74 Å². The van der Waals surface area contributed by atoms with Gasteiger partial charge in [-0.05, 0) is 56.9 Å². The molecule has 1 aliphatic rings. The molecule has 1 aliphatic heterocycles. The minimum absolute atomic E-state index is 0.313. The van der Waals surface area contributed by atoms with E-state index in [2.05, 4.69) is 27.1 Å². The van der Waals surface area contributed by atoms with Crippen LogP contribution in [-0.4, -0.2) is 35.6 Å². The average molecular weight is 354 g/mol. The van der Waals surface area contributed by atoms with Crippen molar-refractivity contribution in [2.24, 2.45) is 5.92 Å². The zero-order valence-electron chi connectivity index (χ0n) is 15.7. The van der Waals surface area contributed by atoms with Gasteiger partial charge in [0.1, 0.15) is 5.82 Å². The summed E-state index contributed by atoms with van der Waals surface area (Å²) < 4.78 is 5.00. The van der Waals surface area contributed by atoms with Crippen LogP contribution in [0.25, 0.3) is 0 Å². The first kappa shape index (κ1) is 18.2. The van der Waals surface area contributed by atoms with Gasteiger partial charge in [-0.2, -0.15) is 4.98 Å². The summed E-state index contributed by atoms with van der Waals surface area (Å²) in [6.45, 7) is 8.49. The molecule has 2 heterocycles. The summed E-state index contributed by atoms with van der Waals surface area (Å²) in [5, 5.41) is 3.23. The van der Waals surface area contributed by atoms with Crippen LogP contribution >= 0.6 is 0 Å². The summed E-state index contributed by atoms with van der Waals surface area (Å²) in [6.07, 6.45) is 2.47. The van der Waals surface area contributed by atoms with Crippen molar-refractivity contribution in [2.75, 3.05) is 29.9 Å². The van der Waals surface area contributed by atoms with Crippen molar-refractivity contribution in [3.8, 4) is 0 Å². The quantitative estimate of drug-likeness (QED) is 0.820. The van der Waals surface area contributed by atoms with Crippen LogP contribution in [0.15, 0.2) is 30.3 Å². The fourth-order valence-electron chi connectivity index (χ4n) is 3.20. The fourth-order valence-corrected chi connectivity index (χ4v) is 3.20. The molecule has 0 amide bonds.